The summed E-state index contributed by atoms with van der Waals surface area (Å²) >= 11 is 9.73. The summed E-state index contributed by atoms with van der Waals surface area (Å²) in [6.45, 7) is 1.04. The zero-order valence-corrected chi connectivity index (χ0v) is 18.1. The predicted octanol–water partition coefficient (Wildman–Crippen LogP) is 3.41. The van der Waals surface area contributed by atoms with E-state index in [-0.39, 0.29) is 44.2 Å². The van der Waals surface area contributed by atoms with Crippen LogP contribution in [0.1, 0.15) is 11.1 Å². The van der Waals surface area contributed by atoms with Crippen molar-refractivity contribution in [3.05, 3.63) is 47.5 Å². The van der Waals surface area contributed by atoms with Crippen molar-refractivity contribution < 1.29 is 4.42 Å². The average molecular weight is 506 g/mol. The van der Waals surface area contributed by atoms with Crippen LogP contribution in [-0.4, -0.2) is 10.2 Å². The molecular weight excluding hydrogens is 488 g/mol. The summed E-state index contributed by atoms with van der Waals surface area (Å²) in [6, 6.07) is 12.0. The Morgan fingerprint density at radius 2 is 1.20 bits per heavy atom. The standard InChI is InChI=1S/C16H16N4OS2.2BrH/c17-15(22)19-7-9-3-1-5-11-12-6-2-4-10(8-20-16(18)23)14(12)21-13(9)11;;/h1-6H,7-8H2,(H3,17,19,22)(H3,18,20,23);2*1H. The molecule has 0 saturated carbocycles. The second-order valence-corrected chi connectivity index (χ2v) is 6.00. The molecule has 1 aromatic heterocycles. The topological polar surface area (TPSA) is 89.2 Å². The molecule has 5 nitrogen and oxygen atoms in total. The van der Waals surface area contributed by atoms with E-state index in [9.17, 15) is 0 Å². The molecule has 2 aromatic carbocycles. The van der Waals surface area contributed by atoms with E-state index < -0.39 is 0 Å². The van der Waals surface area contributed by atoms with Gasteiger partial charge in [-0.1, -0.05) is 36.4 Å². The Hall–Kier alpha value is -1.42. The van der Waals surface area contributed by atoms with Crippen LogP contribution in [0.4, 0.5) is 0 Å². The van der Waals surface area contributed by atoms with Gasteiger partial charge in [0.2, 0.25) is 0 Å². The highest BCUT2D eigenvalue weighted by molar-refractivity contribution is 8.93. The van der Waals surface area contributed by atoms with Crippen molar-refractivity contribution >= 4 is 90.6 Å². The number of benzene rings is 2. The van der Waals surface area contributed by atoms with Crippen molar-refractivity contribution in [1.82, 2.24) is 10.6 Å². The van der Waals surface area contributed by atoms with Gasteiger partial charge in [-0.25, -0.2) is 0 Å². The third kappa shape index (κ3) is 4.81. The van der Waals surface area contributed by atoms with E-state index in [0.717, 1.165) is 33.1 Å². The average Bonchev–Trinajstić information content (AvgIpc) is 2.90. The van der Waals surface area contributed by atoms with Crippen molar-refractivity contribution in [2.24, 2.45) is 11.5 Å². The van der Waals surface area contributed by atoms with Crippen LogP contribution in [0.3, 0.4) is 0 Å². The fourth-order valence-corrected chi connectivity index (χ4v) is 2.72. The predicted molar refractivity (Wildman–Crippen MR) is 122 cm³/mol. The molecular formula is C16H18Br2N4OS2. The molecule has 0 bridgehead atoms. The lowest BCUT2D eigenvalue weighted by Gasteiger charge is -2.04. The van der Waals surface area contributed by atoms with Gasteiger partial charge in [0.05, 0.1) is 0 Å². The van der Waals surface area contributed by atoms with Crippen molar-refractivity contribution in [2.75, 3.05) is 0 Å². The van der Waals surface area contributed by atoms with Crippen LogP contribution in [0.5, 0.6) is 0 Å². The highest BCUT2D eigenvalue weighted by Gasteiger charge is 2.13. The van der Waals surface area contributed by atoms with Gasteiger partial charge in [0.1, 0.15) is 11.2 Å². The molecule has 0 spiro atoms. The SMILES string of the molecule is Br.Br.NC(=S)NCc1cccc2c1oc1c(CNC(N)=S)cccc12. The second kappa shape index (κ2) is 9.33. The fraction of sp³-hybridized carbons (Fsp3) is 0.125. The van der Waals surface area contributed by atoms with Crippen molar-refractivity contribution in [3.8, 4) is 0 Å². The van der Waals surface area contributed by atoms with E-state index in [4.69, 9.17) is 40.3 Å². The quantitative estimate of drug-likeness (QED) is 0.404. The summed E-state index contributed by atoms with van der Waals surface area (Å²) in [4.78, 5) is 0. The van der Waals surface area contributed by atoms with Crippen molar-refractivity contribution in [3.63, 3.8) is 0 Å². The first-order chi connectivity index (χ1) is 11.1. The molecule has 3 rings (SSSR count). The number of rotatable bonds is 4. The third-order valence-electron chi connectivity index (χ3n) is 3.59. The lowest BCUT2D eigenvalue weighted by molar-refractivity contribution is 0.653. The van der Waals surface area contributed by atoms with Crippen LogP contribution in [0.25, 0.3) is 21.9 Å². The summed E-state index contributed by atoms with van der Waals surface area (Å²) < 4.78 is 6.13. The Bertz CT molecular complexity index is 841. The zero-order chi connectivity index (χ0) is 16.4. The molecule has 0 saturated heterocycles. The Labute approximate surface area is 177 Å². The van der Waals surface area contributed by atoms with E-state index in [2.05, 4.69) is 10.6 Å². The summed E-state index contributed by atoms with van der Waals surface area (Å²) in [5.74, 6) is 0. The Kier molecular flexibility index (Phi) is 8.07. The second-order valence-electron chi connectivity index (χ2n) is 5.13. The first kappa shape index (κ1) is 21.6. The van der Waals surface area contributed by atoms with E-state index in [1.165, 1.54) is 0 Å². The van der Waals surface area contributed by atoms with E-state index in [1.807, 2.05) is 36.4 Å². The zero-order valence-electron chi connectivity index (χ0n) is 13.1. The van der Waals surface area contributed by atoms with Gasteiger partial charge in [-0.15, -0.1) is 34.0 Å². The number of hydrogen-bond acceptors (Lipinski definition) is 3. The molecule has 0 aliphatic heterocycles. The highest BCUT2D eigenvalue weighted by Crippen LogP contribution is 2.32. The normalized spacial score (nSPS) is 9.92. The van der Waals surface area contributed by atoms with Gasteiger partial charge < -0.3 is 26.5 Å². The Balaban J connectivity index is 0.00000156. The monoisotopic (exact) mass is 504 g/mol. The molecule has 3 aromatic rings. The summed E-state index contributed by atoms with van der Waals surface area (Å²) in [5.41, 5.74) is 14.7. The molecule has 0 aliphatic carbocycles. The summed E-state index contributed by atoms with van der Waals surface area (Å²) in [7, 11) is 0. The molecule has 9 heteroatoms. The van der Waals surface area contributed by atoms with E-state index in [0.29, 0.717) is 13.1 Å². The van der Waals surface area contributed by atoms with Gasteiger partial charge in [0, 0.05) is 35.0 Å². The molecule has 1 heterocycles. The van der Waals surface area contributed by atoms with Crippen molar-refractivity contribution in [2.45, 2.75) is 13.1 Å². The van der Waals surface area contributed by atoms with E-state index in [1.54, 1.807) is 0 Å². The van der Waals surface area contributed by atoms with Gasteiger partial charge in [-0.05, 0) is 24.4 Å². The fourth-order valence-electron chi connectivity index (χ4n) is 2.58. The molecule has 0 fully saturated rings. The lowest BCUT2D eigenvalue weighted by Crippen LogP contribution is -2.28. The van der Waals surface area contributed by atoms with Gasteiger partial charge in [-0.2, -0.15) is 0 Å². The minimum Gasteiger partial charge on any atom is -0.455 e. The molecule has 25 heavy (non-hydrogen) atoms. The molecule has 0 amide bonds. The maximum atomic E-state index is 6.13. The number of halogens is 2. The molecule has 0 unspecified atom stereocenters. The molecule has 6 N–H and O–H groups in total. The van der Waals surface area contributed by atoms with Gasteiger partial charge >= 0.3 is 0 Å². The maximum Gasteiger partial charge on any atom is 0.163 e. The number of thiocarbonyl (C=S) groups is 2. The molecule has 0 atom stereocenters. The van der Waals surface area contributed by atoms with Crippen LogP contribution in [-0.2, 0) is 13.1 Å². The lowest BCUT2D eigenvalue weighted by atomic mass is 10.1. The van der Waals surface area contributed by atoms with Crippen LogP contribution in [0, 0.1) is 0 Å². The molecule has 0 aliphatic rings. The number of nitrogens with one attached hydrogen (secondary N) is 2. The van der Waals surface area contributed by atoms with Gasteiger partial charge in [0.25, 0.3) is 0 Å². The first-order valence-electron chi connectivity index (χ1n) is 7.05. The minimum atomic E-state index is 0. The summed E-state index contributed by atoms with van der Waals surface area (Å²) in [6.07, 6.45) is 0. The van der Waals surface area contributed by atoms with Crippen LogP contribution in [0.15, 0.2) is 40.8 Å². The van der Waals surface area contributed by atoms with Crippen LogP contribution in [0.2, 0.25) is 0 Å². The Morgan fingerprint density at radius 1 is 0.800 bits per heavy atom. The Morgan fingerprint density at radius 3 is 1.56 bits per heavy atom. The number of fused-ring (bicyclic) bond motifs is 3. The highest BCUT2D eigenvalue weighted by atomic mass is 79.9. The minimum absolute atomic E-state index is 0. The number of nitrogens with two attached hydrogens (primary N) is 2. The summed E-state index contributed by atoms with van der Waals surface area (Å²) in [5, 5.41) is 8.55. The largest absolute Gasteiger partial charge is 0.455 e. The number of furan rings is 1. The number of hydrogen-bond donors (Lipinski definition) is 4. The maximum absolute atomic E-state index is 6.13. The van der Waals surface area contributed by atoms with E-state index >= 15 is 0 Å². The van der Waals surface area contributed by atoms with Crippen LogP contribution < -0.4 is 22.1 Å². The number of para-hydroxylation sites is 2. The van der Waals surface area contributed by atoms with Crippen LogP contribution >= 0.6 is 58.4 Å². The first-order valence-corrected chi connectivity index (χ1v) is 7.86. The smallest absolute Gasteiger partial charge is 0.163 e. The molecule has 134 valence electrons. The molecule has 0 radical (unpaired) electrons. The van der Waals surface area contributed by atoms with Gasteiger partial charge in [0.15, 0.2) is 10.2 Å². The van der Waals surface area contributed by atoms with Gasteiger partial charge in [-0.3, -0.25) is 0 Å². The van der Waals surface area contributed by atoms with Crippen molar-refractivity contribution in [1.29, 1.82) is 0 Å². The third-order valence-corrected chi connectivity index (χ3v) is 3.88.